The van der Waals surface area contributed by atoms with Gasteiger partial charge in [0.1, 0.15) is 5.01 Å². The van der Waals surface area contributed by atoms with Gasteiger partial charge in [-0.25, -0.2) is 9.37 Å². The van der Waals surface area contributed by atoms with Crippen LogP contribution in [0.15, 0.2) is 17.5 Å². The third-order valence-corrected chi connectivity index (χ3v) is 4.15. The summed E-state index contributed by atoms with van der Waals surface area (Å²) in [6.45, 7) is 6.93. The lowest BCUT2D eigenvalue weighted by Gasteiger charge is -2.14. The third-order valence-electron chi connectivity index (χ3n) is 2.75. The van der Waals surface area contributed by atoms with E-state index in [1.165, 1.54) is 12.1 Å². The molecule has 0 aliphatic heterocycles. The van der Waals surface area contributed by atoms with E-state index in [4.69, 9.17) is 23.2 Å². The van der Waals surface area contributed by atoms with Gasteiger partial charge in [0.15, 0.2) is 5.82 Å². The van der Waals surface area contributed by atoms with Crippen molar-refractivity contribution in [3.05, 3.63) is 44.1 Å². The largest absolute Gasteiger partial charge is 0.378 e. The maximum Gasteiger partial charge on any atom is 0.160 e. The van der Waals surface area contributed by atoms with Crippen molar-refractivity contribution in [3.63, 3.8) is 0 Å². The first-order chi connectivity index (χ1) is 9.27. The van der Waals surface area contributed by atoms with Gasteiger partial charge in [-0.3, -0.25) is 0 Å². The molecule has 108 valence electrons. The molecule has 2 aromatic rings. The van der Waals surface area contributed by atoms with Crippen LogP contribution in [0.25, 0.3) is 0 Å². The minimum absolute atomic E-state index is 0.00881. The van der Waals surface area contributed by atoms with Crippen molar-refractivity contribution in [2.75, 3.05) is 5.32 Å². The van der Waals surface area contributed by atoms with E-state index in [0.29, 0.717) is 12.2 Å². The van der Waals surface area contributed by atoms with Crippen molar-refractivity contribution in [2.45, 2.75) is 32.7 Å². The Hall–Kier alpha value is -0.840. The van der Waals surface area contributed by atoms with Gasteiger partial charge in [0.05, 0.1) is 22.3 Å². The number of thiazole rings is 1. The molecule has 1 N–H and O–H groups in total. The number of nitrogens with one attached hydrogen (secondary N) is 1. The van der Waals surface area contributed by atoms with Gasteiger partial charge >= 0.3 is 0 Å². The highest BCUT2D eigenvalue weighted by atomic mass is 35.5. The summed E-state index contributed by atoms with van der Waals surface area (Å²) < 4.78 is 13.3. The lowest BCUT2D eigenvalue weighted by molar-refractivity contribution is 0.571. The van der Waals surface area contributed by atoms with Crippen LogP contribution in [-0.4, -0.2) is 4.98 Å². The summed E-state index contributed by atoms with van der Waals surface area (Å²) in [6.07, 6.45) is 0. The molecular weight excluding hydrogens is 318 g/mol. The van der Waals surface area contributed by atoms with Crippen LogP contribution in [0.3, 0.4) is 0 Å². The lowest BCUT2D eigenvalue weighted by Crippen LogP contribution is -2.11. The van der Waals surface area contributed by atoms with E-state index in [9.17, 15) is 4.39 Å². The molecule has 1 aromatic carbocycles. The van der Waals surface area contributed by atoms with Crippen LogP contribution in [0.4, 0.5) is 10.1 Å². The third kappa shape index (κ3) is 3.62. The Morgan fingerprint density at radius 1 is 1.25 bits per heavy atom. The fourth-order valence-corrected chi connectivity index (χ4v) is 3.02. The smallest absolute Gasteiger partial charge is 0.160 e. The van der Waals surface area contributed by atoms with E-state index < -0.39 is 5.82 Å². The number of aromatic nitrogens is 1. The van der Waals surface area contributed by atoms with E-state index in [-0.39, 0.29) is 15.5 Å². The highest BCUT2D eigenvalue weighted by molar-refractivity contribution is 7.09. The van der Waals surface area contributed by atoms with Crippen LogP contribution in [0, 0.1) is 5.82 Å². The van der Waals surface area contributed by atoms with Gasteiger partial charge in [-0.1, -0.05) is 44.0 Å². The standard InChI is InChI=1S/C14H15Cl2FN2S/c1-14(2,3)11-7-20-12(19-11)6-18-8-4-9(15)13(17)10(16)5-8/h4-5,7,18H,6H2,1-3H3. The van der Waals surface area contributed by atoms with Crippen molar-refractivity contribution >= 4 is 40.2 Å². The Balaban J connectivity index is 2.08. The van der Waals surface area contributed by atoms with Crippen molar-refractivity contribution < 1.29 is 4.39 Å². The second-order valence-electron chi connectivity index (χ2n) is 5.48. The molecule has 0 aliphatic carbocycles. The zero-order chi connectivity index (χ0) is 14.9. The fourth-order valence-electron chi connectivity index (χ4n) is 1.57. The molecule has 0 radical (unpaired) electrons. The molecule has 1 aromatic heterocycles. The molecule has 0 amide bonds. The normalized spacial score (nSPS) is 11.7. The molecule has 6 heteroatoms. The van der Waals surface area contributed by atoms with Crippen molar-refractivity contribution in [2.24, 2.45) is 0 Å². The summed E-state index contributed by atoms with van der Waals surface area (Å²) in [5.74, 6) is -0.594. The van der Waals surface area contributed by atoms with Crippen LogP contribution in [0.5, 0.6) is 0 Å². The van der Waals surface area contributed by atoms with E-state index >= 15 is 0 Å². The molecule has 1 heterocycles. The molecule has 20 heavy (non-hydrogen) atoms. The monoisotopic (exact) mass is 332 g/mol. The first-order valence-corrected chi connectivity index (χ1v) is 7.74. The number of nitrogens with zero attached hydrogens (tertiary/aromatic N) is 1. The Morgan fingerprint density at radius 3 is 2.35 bits per heavy atom. The van der Waals surface area contributed by atoms with Gasteiger partial charge in [-0.15, -0.1) is 11.3 Å². The second kappa shape index (κ2) is 5.88. The van der Waals surface area contributed by atoms with Gasteiger partial charge in [-0.05, 0) is 12.1 Å². The van der Waals surface area contributed by atoms with Gasteiger partial charge in [0.25, 0.3) is 0 Å². The quantitative estimate of drug-likeness (QED) is 0.750. The van der Waals surface area contributed by atoms with Crippen molar-refractivity contribution in [3.8, 4) is 0 Å². The molecule has 0 saturated heterocycles. The summed E-state index contributed by atoms with van der Waals surface area (Å²) in [7, 11) is 0. The molecular formula is C14H15Cl2FN2S. The number of hydrogen-bond acceptors (Lipinski definition) is 3. The van der Waals surface area contributed by atoms with Crippen LogP contribution in [0.2, 0.25) is 10.0 Å². The maximum atomic E-state index is 13.3. The topological polar surface area (TPSA) is 24.9 Å². The Morgan fingerprint density at radius 2 is 1.85 bits per heavy atom. The second-order valence-corrected chi connectivity index (χ2v) is 7.24. The van der Waals surface area contributed by atoms with Crippen molar-refractivity contribution in [1.82, 2.24) is 4.98 Å². The first-order valence-electron chi connectivity index (χ1n) is 6.10. The minimum Gasteiger partial charge on any atom is -0.378 e. The molecule has 0 unspecified atom stereocenters. The van der Waals surface area contributed by atoms with E-state index in [0.717, 1.165) is 10.7 Å². The predicted molar refractivity (Wildman–Crippen MR) is 84.6 cm³/mol. The highest BCUT2D eigenvalue weighted by Gasteiger charge is 2.17. The number of benzene rings is 1. The van der Waals surface area contributed by atoms with Gasteiger partial charge in [-0.2, -0.15) is 0 Å². The van der Waals surface area contributed by atoms with Gasteiger partial charge in [0, 0.05) is 16.5 Å². The molecule has 2 nitrogen and oxygen atoms in total. The number of rotatable bonds is 3. The van der Waals surface area contributed by atoms with Crippen LogP contribution in [0.1, 0.15) is 31.5 Å². The molecule has 0 atom stereocenters. The SMILES string of the molecule is CC(C)(C)c1csc(CNc2cc(Cl)c(F)c(Cl)c2)n1. The summed E-state index contributed by atoms with van der Waals surface area (Å²) in [4.78, 5) is 4.57. The number of hydrogen-bond donors (Lipinski definition) is 1. The Labute approximate surface area is 131 Å². The Bertz CT molecular complexity index is 597. The maximum absolute atomic E-state index is 13.3. The zero-order valence-electron chi connectivity index (χ0n) is 11.4. The molecule has 0 spiro atoms. The zero-order valence-corrected chi connectivity index (χ0v) is 13.8. The summed E-state index contributed by atoms with van der Waals surface area (Å²) in [6, 6.07) is 3.03. The van der Waals surface area contributed by atoms with E-state index in [1.54, 1.807) is 11.3 Å². The first kappa shape index (κ1) is 15.5. The van der Waals surface area contributed by atoms with Gasteiger partial charge < -0.3 is 5.32 Å². The molecule has 2 rings (SSSR count). The summed E-state index contributed by atoms with van der Waals surface area (Å²) in [5, 5.41) is 6.19. The minimum atomic E-state index is -0.594. The van der Waals surface area contributed by atoms with E-state index in [2.05, 4.69) is 36.5 Å². The van der Waals surface area contributed by atoms with Crippen LogP contribution >= 0.6 is 34.5 Å². The predicted octanol–water partition coefficient (Wildman–Crippen LogP) is 5.50. The fraction of sp³-hybridized carbons (Fsp3) is 0.357. The van der Waals surface area contributed by atoms with Crippen LogP contribution in [-0.2, 0) is 12.0 Å². The van der Waals surface area contributed by atoms with E-state index in [1.807, 2.05) is 0 Å². The number of halogens is 3. The highest BCUT2D eigenvalue weighted by Crippen LogP contribution is 2.28. The molecule has 0 saturated carbocycles. The molecule has 0 aliphatic rings. The average molecular weight is 333 g/mol. The summed E-state index contributed by atoms with van der Waals surface area (Å²) in [5.41, 5.74) is 1.78. The molecule has 0 bridgehead atoms. The van der Waals surface area contributed by atoms with Crippen LogP contribution < -0.4 is 5.32 Å². The number of anilines is 1. The average Bonchev–Trinajstić information content (AvgIpc) is 2.82. The lowest BCUT2D eigenvalue weighted by atomic mass is 9.93. The van der Waals surface area contributed by atoms with Gasteiger partial charge in [0.2, 0.25) is 0 Å². The molecule has 0 fully saturated rings. The Kier molecular flexibility index (Phi) is 4.57. The van der Waals surface area contributed by atoms with Crippen molar-refractivity contribution in [1.29, 1.82) is 0 Å². The summed E-state index contributed by atoms with van der Waals surface area (Å²) >= 11 is 13.1.